The fraction of sp³-hybridized carbons (Fsp3) is 0. The molecule has 1 aromatic carbocycles. The minimum atomic E-state index is -0.0934. The summed E-state index contributed by atoms with van der Waals surface area (Å²) < 4.78 is 5.53. The van der Waals surface area contributed by atoms with Crippen molar-refractivity contribution in [3.63, 3.8) is 0 Å². The number of rotatable bonds is 3. The highest BCUT2D eigenvalue weighted by Gasteiger charge is 2.09. The second-order valence-electron chi connectivity index (χ2n) is 3.66. The molecule has 0 saturated heterocycles. The van der Waals surface area contributed by atoms with Gasteiger partial charge < -0.3 is 15.7 Å². The van der Waals surface area contributed by atoms with Gasteiger partial charge >= 0.3 is 0 Å². The van der Waals surface area contributed by atoms with Gasteiger partial charge in [-0.05, 0) is 18.2 Å². The maximum absolute atomic E-state index is 8.53. The van der Waals surface area contributed by atoms with Crippen molar-refractivity contribution < 1.29 is 9.94 Å². The molecule has 3 N–H and O–H groups in total. The average molecular weight is 333 g/mol. The largest absolute Gasteiger partial charge is 0.454 e. The molecule has 0 bridgehead atoms. The number of aromatic nitrogens is 1. The van der Waals surface area contributed by atoms with Crippen molar-refractivity contribution in [3.05, 3.63) is 51.2 Å². The Labute approximate surface area is 129 Å². The van der Waals surface area contributed by atoms with Gasteiger partial charge in [-0.1, -0.05) is 40.0 Å². The van der Waals surface area contributed by atoms with E-state index < -0.39 is 0 Å². The third kappa shape index (κ3) is 3.25. The third-order valence-corrected chi connectivity index (χ3v) is 3.33. The number of hydrogen-bond donors (Lipinski definition) is 2. The number of ether oxygens (including phenoxy) is 1. The van der Waals surface area contributed by atoms with Crippen LogP contribution in [0.5, 0.6) is 11.5 Å². The van der Waals surface area contributed by atoms with Crippen molar-refractivity contribution in [2.75, 3.05) is 0 Å². The fourth-order valence-electron chi connectivity index (χ4n) is 1.35. The van der Waals surface area contributed by atoms with E-state index in [1.807, 2.05) is 0 Å². The summed E-state index contributed by atoms with van der Waals surface area (Å²) in [5.41, 5.74) is 5.72. The minimum absolute atomic E-state index is 0.0934. The molecular weight excluding hydrogens is 325 g/mol. The normalized spacial score (nSPS) is 11.4. The van der Waals surface area contributed by atoms with Crippen LogP contribution in [-0.2, 0) is 0 Å². The molecule has 0 spiro atoms. The van der Waals surface area contributed by atoms with Gasteiger partial charge in [-0.3, -0.25) is 0 Å². The molecule has 2 aromatic rings. The number of hydrogen-bond acceptors (Lipinski definition) is 4. The van der Waals surface area contributed by atoms with Crippen LogP contribution in [0, 0.1) is 0 Å². The summed E-state index contributed by atoms with van der Waals surface area (Å²) in [7, 11) is 0. The second-order valence-corrected chi connectivity index (χ2v) is 4.88. The molecule has 0 radical (unpaired) electrons. The van der Waals surface area contributed by atoms with Gasteiger partial charge in [-0.25, -0.2) is 4.98 Å². The summed E-state index contributed by atoms with van der Waals surface area (Å²) in [4.78, 5) is 3.97. The quantitative estimate of drug-likeness (QED) is 0.293. The van der Waals surface area contributed by atoms with E-state index in [2.05, 4.69) is 10.1 Å². The number of amidine groups is 1. The summed E-state index contributed by atoms with van der Waals surface area (Å²) in [5.74, 6) is 0.670. The Hall–Kier alpha value is -1.69. The van der Waals surface area contributed by atoms with Gasteiger partial charge in [0, 0.05) is 6.07 Å². The monoisotopic (exact) mass is 331 g/mol. The Kier molecular flexibility index (Phi) is 4.54. The highest BCUT2D eigenvalue weighted by atomic mass is 35.5. The van der Waals surface area contributed by atoms with E-state index in [0.717, 1.165) is 0 Å². The Morgan fingerprint density at radius 3 is 2.45 bits per heavy atom. The Bertz CT molecular complexity index is 660. The SMILES string of the molecule is N/C(=N/O)c1ccc(Oc2cc(Cl)c(Cl)cc2Cl)cn1. The van der Waals surface area contributed by atoms with Crippen LogP contribution >= 0.6 is 34.8 Å². The molecule has 0 atom stereocenters. The van der Waals surface area contributed by atoms with Crippen LogP contribution in [0.4, 0.5) is 0 Å². The third-order valence-electron chi connectivity index (χ3n) is 2.31. The number of pyridine rings is 1. The first-order chi connectivity index (χ1) is 9.51. The van der Waals surface area contributed by atoms with Crippen LogP contribution in [0.25, 0.3) is 0 Å². The smallest absolute Gasteiger partial charge is 0.188 e. The molecule has 0 aliphatic carbocycles. The summed E-state index contributed by atoms with van der Waals surface area (Å²) >= 11 is 17.7. The summed E-state index contributed by atoms with van der Waals surface area (Å²) in [6.45, 7) is 0. The number of halogens is 3. The lowest BCUT2D eigenvalue weighted by Gasteiger charge is -2.09. The van der Waals surface area contributed by atoms with Gasteiger partial charge in [0.05, 0.1) is 21.3 Å². The van der Waals surface area contributed by atoms with E-state index in [1.165, 1.54) is 24.4 Å². The predicted molar refractivity (Wildman–Crippen MR) is 78.3 cm³/mol. The van der Waals surface area contributed by atoms with Gasteiger partial charge in [0.2, 0.25) is 0 Å². The van der Waals surface area contributed by atoms with E-state index in [1.54, 1.807) is 6.07 Å². The zero-order chi connectivity index (χ0) is 14.7. The number of nitrogens with two attached hydrogens (primary N) is 1. The number of nitrogens with zero attached hydrogens (tertiary/aromatic N) is 2. The molecule has 2 rings (SSSR count). The zero-order valence-corrected chi connectivity index (χ0v) is 12.1. The highest BCUT2D eigenvalue weighted by Crippen LogP contribution is 2.36. The second kappa shape index (κ2) is 6.17. The molecule has 5 nitrogen and oxygen atoms in total. The molecule has 0 unspecified atom stereocenters. The Balaban J connectivity index is 2.24. The predicted octanol–water partition coefficient (Wildman–Crippen LogP) is 3.93. The first kappa shape index (κ1) is 14.7. The summed E-state index contributed by atoms with van der Waals surface area (Å²) in [6, 6.07) is 6.12. The Morgan fingerprint density at radius 1 is 1.15 bits per heavy atom. The van der Waals surface area contributed by atoms with Crippen LogP contribution in [-0.4, -0.2) is 16.0 Å². The minimum Gasteiger partial charge on any atom is -0.454 e. The van der Waals surface area contributed by atoms with Crippen LogP contribution in [0.15, 0.2) is 35.6 Å². The lowest BCUT2D eigenvalue weighted by molar-refractivity contribution is 0.318. The van der Waals surface area contributed by atoms with Gasteiger partial charge in [-0.15, -0.1) is 0 Å². The zero-order valence-electron chi connectivity index (χ0n) is 9.85. The van der Waals surface area contributed by atoms with Crippen molar-refractivity contribution >= 4 is 40.6 Å². The maximum atomic E-state index is 8.53. The van der Waals surface area contributed by atoms with Gasteiger partial charge in [-0.2, -0.15) is 0 Å². The van der Waals surface area contributed by atoms with Gasteiger partial charge in [0.1, 0.15) is 17.2 Å². The highest BCUT2D eigenvalue weighted by molar-refractivity contribution is 6.43. The van der Waals surface area contributed by atoms with E-state index in [-0.39, 0.29) is 5.84 Å². The van der Waals surface area contributed by atoms with E-state index in [9.17, 15) is 0 Å². The standard InChI is InChI=1S/C12H8Cl3N3O2/c13-7-3-9(15)11(4-8(7)14)20-6-1-2-10(17-5-6)12(16)18-19/h1-5,19H,(H2,16,18). The lowest BCUT2D eigenvalue weighted by Crippen LogP contribution is -2.14. The number of benzene rings is 1. The molecule has 20 heavy (non-hydrogen) atoms. The molecule has 1 aromatic heterocycles. The lowest BCUT2D eigenvalue weighted by atomic mass is 10.3. The topological polar surface area (TPSA) is 80.7 Å². The van der Waals surface area contributed by atoms with Crippen molar-refractivity contribution in [2.24, 2.45) is 10.9 Å². The van der Waals surface area contributed by atoms with Crippen molar-refractivity contribution in [3.8, 4) is 11.5 Å². The van der Waals surface area contributed by atoms with Crippen molar-refractivity contribution in [1.29, 1.82) is 0 Å². The van der Waals surface area contributed by atoms with E-state index in [0.29, 0.717) is 32.3 Å². The molecule has 104 valence electrons. The van der Waals surface area contributed by atoms with Crippen LogP contribution in [0.1, 0.15) is 5.69 Å². The molecule has 1 heterocycles. The summed E-state index contributed by atoms with van der Waals surface area (Å²) in [5, 5.41) is 12.4. The Morgan fingerprint density at radius 2 is 1.85 bits per heavy atom. The molecule has 8 heteroatoms. The number of oxime groups is 1. The van der Waals surface area contributed by atoms with Gasteiger partial charge in [0.25, 0.3) is 0 Å². The summed E-state index contributed by atoms with van der Waals surface area (Å²) in [6.07, 6.45) is 1.41. The molecule has 0 aliphatic rings. The van der Waals surface area contributed by atoms with Crippen LogP contribution in [0.2, 0.25) is 15.1 Å². The van der Waals surface area contributed by atoms with Crippen molar-refractivity contribution in [1.82, 2.24) is 4.98 Å². The van der Waals surface area contributed by atoms with Crippen LogP contribution in [0.3, 0.4) is 0 Å². The molecule has 0 fully saturated rings. The van der Waals surface area contributed by atoms with Crippen molar-refractivity contribution in [2.45, 2.75) is 0 Å². The first-order valence-corrected chi connectivity index (χ1v) is 6.41. The van der Waals surface area contributed by atoms with E-state index in [4.69, 9.17) is 50.5 Å². The fourth-order valence-corrected chi connectivity index (χ4v) is 1.93. The molecule has 0 amide bonds. The van der Waals surface area contributed by atoms with Crippen LogP contribution < -0.4 is 10.5 Å². The van der Waals surface area contributed by atoms with Gasteiger partial charge in [0.15, 0.2) is 5.84 Å². The molecule has 0 saturated carbocycles. The molecule has 0 aliphatic heterocycles. The molecular formula is C12H8Cl3N3O2. The first-order valence-electron chi connectivity index (χ1n) is 5.27. The van der Waals surface area contributed by atoms with E-state index >= 15 is 0 Å². The maximum Gasteiger partial charge on any atom is 0.188 e. The average Bonchev–Trinajstić information content (AvgIpc) is 2.44.